The number of methoxy groups -OCH3 is 1. The first-order valence-corrected chi connectivity index (χ1v) is 12.6. The highest BCUT2D eigenvalue weighted by molar-refractivity contribution is 6.04. The zero-order valence-electron chi connectivity index (χ0n) is 20.4. The molecule has 0 radical (unpaired) electrons. The summed E-state index contributed by atoms with van der Waals surface area (Å²) in [6, 6.07) is 11.8. The molecule has 1 aromatic carbocycles. The van der Waals surface area contributed by atoms with Gasteiger partial charge >= 0.3 is 5.97 Å². The average Bonchev–Trinajstić information content (AvgIpc) is 2.88. The summed E-state index contributed by atoms with van der Waals surface area (Å²) in [5.41, 5.74) is 4.96. The molecule has 182 valence electrons. The number of ether oxygens (including phenoxy) is 2. The highest BCUT2D eigenvalue weighted by Crippen LogP contribution is 2.45. The second-order valence-corrected chi connectivity index (χ2v) is 9.79. The third-order valence-electron chi connectivity index (χ3n) is 7.54. The second kappa shape index (κ2) is 10.1. The van der Waals surface area contributed by atoms with Gasteiger partial charge in [-0.25, -0.2) is 9.78 Å². The fraction of sp³-hybridized carbons (Fsp3) is 0.414. The summed E-state index contributed by atoms with van der Waals surface area (Å²) in [4.78, 5) is 30.2. The van der Waals surface area contributed by atoms with Crippen molar-refractivity contribution in [1.29, 1.82) is 0 Å². The molecule has 6 heteroatoms. The molecule has 1 aromatic heterocycles. The largest absolute Gasteiger partial charge is 0.497 e. The molecule has 2 unspecified atom stereocenters. The summed E-state index contributed by atoms with van der Waals surface area (Å²) in [5, 5.41) is 3.44. The molecule has 2 heterocycles. The number of pyridine rings is 1. The Labute approximate surface area is 206 Å². The maximum Gasteiger partial charge on any atom is 0.337 e. The van der Waals surface area contributed by atoms with Crippen molar-refractivity contribution in [2.75, 3.05) is 7.11 Å². The standard InChI is InChI=1S/C29H32N2O4/c1-18-26(29(33)35-23-6-4-3-5-7-23)27(20-12-14-30-15-13-20)28-24(31-18)16-21(17-25(28)32)19-8-10-22(34-2)11-9-19/h8-15,21,23,27,31H,3-7,16-17H2,1-2H3/p+1. The van der Waals surface area contributed by atoms with E-state index in [1.165, 1.54) is 6.42 Å². The molecule has 0 spiro atoms. The molecule has 0 bridgehead atoms. The average molecular weight is 474 g/mol. The van der Waals surface area contributed by atoms with Crippen LogP contribution >= 0.6 is 0 Å². The fourth-order valence-electron chi connectivity index (χ4n) is 5.74. The van der Waals surface area contributed by atoms with Crippen LogP contribution in [0, 0.1) is 0 Å². The van der Waals surface area contributed by atoms with E-state index in [0.717, 1.165) is 54.0 Å². The first-order valence-electron chi connectivity index (χ1n) is 12.6. The maximum atomic E-state index is 13.7. The van der Waals surface area contributed by atoms with E-state index in [1.807, 2.05) is 55.7 Å². The summed E-state index contributed by atoms with van der Waals surface area (Å²) in [6.45, 7) is 1.92. The highest BCUT2D eigenvalue weighted by Gasteiger charge is 2.42. The van der Waals surface area contributed by atoms with E-state index < -0.39 is 5.92 Å². The lowest BCUT2D eigenvalue weighted by Gasteiger charge is -2.37. The zero-order chi connectivity index (χ0) is 24.4. The molecule has 6 nitrogen and oxygen atoms in total. The predicted molar refractivity (Wildman–Crippen MR) is 132 cm³/mol. The van der Waals surface area contributed by atoms with Crippen molar-refractivity contribution in [1.82, 2.24) is 5.32 Å². The van der Waals surface area contributed by atoms with Gasteiger partial charge in [-0.2, -0.15) is 0 Å². The number of Topliss-reactive ketones (excluding diaryl/α,β-unsaturated/α-hetero) is 1. The van der Waals surface area contributed by atoms with Crippen LogP contribution in [0.25, 0.3) is 0 Å². The van der Waals surface area contributed by atoms with E-state index in [1.54, 1.807) is 7.11 Å². The Morgan fingerprint density at radius 2 is 1.69 bits per heavy atom. The SMILES string of the molecule is COc1ccc(C2CC(=O)C3=C(C2)NC(C)=C(C(=O)OC2CCCCC2)C3c2cc[nH+]cc2)cc1. The number of nitrogens with one attached hydrogen (secondary N) is 2. The molecular weight excluding hydrogens is 440 g/mol. The topological polar surface area (TPSA) is 78.8 Å². The molecule has 1 saturated carbocycles. The molecular formula is C29H33N2O4+. The normalized spacial score (nSPS) is 23.0. The molecule has 2 aromatic rings. The van der Waals surface area contributed by atoms with Gasteiger partial charge in [0.15, 0.2) is 18.2 Å². The molecule has 35 heavy (non-hydrogen) atoms. The Hall–Kier alpha value is -3.41. The molecule has 1 fully saturated rings. The van der Waals surface area contributed by atoms with E-state index in [4.69, 9.17) is 9.47 Å². The number of esters is 1. The number of aromatic amines is 1. The number of carbonyl (C=O) groups is 2. The Balaban J connectivity index is 1.49. The van der Waals surface area contributed by atoms with Gasteiger partial charge < -0.3 is 14.8 Å². The van der Waals surface area contributed by atoms with E-state index in [0.29, 0.717) is 24.0 Å². The molecule has 2 aliphatic carbocycles. The minimum absolute atomic E-state index is 0.0433. The lowest BCUT2D eigenvalue weighted by molar-refractivity contribution is -0.378. The lowest BCUT2D eigenvalue weighted by atomic mass is 9.72. The van der Waals surface area contributed by atoms with Gasteiger partial charge in [-0.15, -0.1) is 0 Å². The number of hydrogen-bond donors (Lipinski definition) is 1. The van der Waals surface area contributed by atoms with Crippen molar-refractivity contribution >= 4 is 11.8 Å². The number of allylic oxidation sites excluding steroid dienone is 3. The van der Waals surface area contributed by atoms with Crippen molar-refractivity contribution in [2.45, 2.75) is 69.8 Å². The summed E-state index contributed by atoms with van der Waals surface area (Å²) in [7, 11) is 1.65. The van der Waals surface area contributed by atoms with Crippen LogP contribution in [0.15, 0.2) is 71.3 Å². The third-order valence-corrected chi connectivity index (χ3v) is 7.54. The Morgan fingerprint density at radius 3 is 2.37 bits per heavy atom. The van der Waals surface area contributed by atoms with Gasteiger partial charge in [0.1, 0.15) is 11.9 Å². The molecule has 2 atom stereocenters. The van der Waals surface area contributed by atoms with Crippen LogP contribution in [0.4, 0.5) is 0 Å². The summed E-state index contributed by atoms with van der Waals surface area (Å²) < 4.78 is 11.3. The van der Waals surface area contributed by atoms with E-state index in [2.05, 4.69) is 10.3 Å². The summed E-state index contributed by atoms with van der Waals surface area (Å²) >= 11 is 0. The number of carbonyl (C=O) groups excluding carboxylic acids is 2. The molecule has 0 saturated heterocycles. The van der Waals surface area contributed by atoms with E-state index in [-0.39, 0.29) is 23.8 Å². The molecule has 1 aliphatic heterocycles. The van der Waals surface area contributed by atoms with E-state index >= 15 is 0 Å². The van der Waals surface area contributed by atoms with Gasteiger partial charge in [-0.05, 0) is 68.2 Å². The quantitative estimate of drug-likeness (QED) is 0.634. The highest BCUT2D eigenvalue weighted by atomic mass is 16.5. The van der Waals surface area contributed by atoms with E-state index in [9.17, 15) is 9.59 Å². The van der Waals surface area contributed by atoms with Crippen LogP contribution in [0.3, 0.4) is 0 Å². The number of H-pyrrole nitrogens is 1. The molecule has 0 amide bonds. The Kier molecular flexibility index (Phi) is 6.71. The van der Waals surface area contributed by atoms with Crippen molar-refractivity contribution in [3.05, 3.63) is 82.5 Å². The van der Waals surface area contributed by atoms with Crippen molar-refractivity contribution in [2.24, 2.45) is 0 Å². The number of hydrogen-bond acceptors (Lipinski definition) is 5. The maximum absolute atomic E-state index is 13.7. The summed E-state index contributed by atoms with van der Waals surface area (Å²) in [5.74, 6) is 0.214. The summed E-state index contributed by atoms with van der Waals surface area (Å²) in [6.07, 6.45) is 9.95. The van der Waals surface area contributed by atoms with Crippen LogP contribution in [0.5, 0.6) is 5.75 Å². The van der Waals surface area contributed by atoms with Gasteiger partial charge in [-0.3, -0.25) is 4.79 Å². The smallest absolute Gasteiger partial charge is 0.337 e. The van der Waals surface area contributed by atoms with Crippen LogP contribution in [0.2, 0.25) is 0 Å². The van der Waals surface area contributed by atoms with Gasteiger partial charge in [0.25, 0.3) is 0 Å². The Morgan fingerprint density at radius 1 is 0.971 bits per heavy atom. The number of benzene rings is 1. The predicted octanol–water partition coefficient (Wildman–Crippen LogP) is 4.75. The number of ketones is 1. The number of dihydropyridines is 1. The van der Waals surface area contributed by atoms with Crippen LogP contribution < -0.4 is 15.0 Å². The molecule has 3 aliphatic rings. The van der Waals surface area contributed by atoms with Crippen molar-refractivity contribution in [3.8, 4) is 5.75 Å². The molecule has 2 N–H and O–H groups in total. The van der Waals surface area contributed by atoms with Crippen molar-refractivity contribution < 1.29 is 24.0 Å². The van der Waals surface area contributed by atoms with Gasteiger partial charge in [0.2, 0.25) is 0 Å². The van der Waals surface area contributed by atoms with Gasteiger partial charge in [0.05, 0.1) is 12.7 Å². The van der Waals surface area contributed by atoms with Crippen LogP contribution in [0.1, 0.15) is 74.8 Å². The zero-order valence-corrected chi connectivity index (χ0v) is 20.4. The second-order valence-electron chi connectivity index (χ2n) is 9.79. The molecule has 5 rings (SSSR count). The third kappa shape index (κ3) is 4.75. The van der Waals surface area contributed by atoms with Gasteiger partial charge in [-0.1, -0.05) is 18.6 Å². The van der Waals surface area contributed by atoms with Crippen LogP contribution in [-0.4, -0.2) is 25.0 Å². The monoisotopic (exact) mass is 473 g/mol. The van der Waals surface area contributed by atoms with Crippen molar-refractivity contribution in [3.63, 3.8) is 0 Å². The van der Waals surface area contributed by atoms with Gasteiger partial charge in [0, 0.05) is 41.4 Å². The fourth-order valence-corrected chi connectivity index (χ4v) is 5.74. The minimum Gasteiger partial charge on any atom is -0.497 e. The number of rotatable bonds is 5. The first kappa shape index (κ1) is 23.3. The first-order chi connectivity index (χ1) is 17.0. The van der Waals surface area contributed by atoms with Crippen LogP contribution in [-0.2, 0) is 14.3 Å². The number of aromatic nitrogens is 1. The Bertz CT molecular complexity index is 1160. The minimum atomic E-state index is -0.429. The lowest BCUT2D eigenvalue weighted by Crippen LogP contribution is -2.37.